The molecule has 0 saturated carbocycles. The first kappa shape index (κ1) is 18.8. The van der Waals surface area contributed by atoms with E-state index >= 15 is 0 Å². The number of aromatic nitrogens is 1. The average molecular weight is 383 g/mol. The van der Waals surface area contributed by atoms with Crippen LogP contribution in [-0.4, -0.2) is 29.4 Å². The Hall–Kier alpha value is -2.93. The second kappa shape index (κ2) is 9.14. The van der Waals surface area contributed by atoms with E-state index in [4.69, 9.17) is 4.42 Å². The van der Waals surface area contributed by atoms with E-state index in [0.29, 0.717) is 19.4 Å². The fraction of sp³-hybridized carbons (Fsp3) is 0.250. The number of nitrogens with one attached hydrogen (secondary N) is 2. The van der Waals surface area contributed by atoms with Gasteiger partial charge >= 0.3 is 0 Å². The number of nitrogens with zero attached hydrogens (tertiary/aromatic N) is 1. The average Bonchev–Trinajstić information content (AvgIpc) is 3.34. The maximum absolute atomic E-state index is 12.7. The molecule has 0 fully saturated rings. The third-order valence-corrected chi connectivity index (χ3v) is 4.82. The Kier molecular flexibility index (Phi) is 6.38. The van der Waals surface area contributed by atoms with Crippen molar-refractivity contribution in [3.8, 4) is 0 Å². The third-order valence-electron chi connectivity index (χ3n) is 4.00. The van der Waals surface area contributed by atoms with E-state index in [2.05, 4.69) is 15.6 Å². The normalized spacial score (nSPS) is 11.7. The molecular weight excluding hydrogens is 362 g/mol. The van der Waals surface area contributed by atoms with Crippen LogP contribution in [0, 0.1) is 6.92 Å². The minimum Gasteiger partial charge on any atom is -0.459 e. The van der Waals surface area contributed by atoms with E-state index in [9.17, 15) is 9.59 Å². The van der Waals surface area contributed by atoms with Crippen LogP contribution < -0.4 is 10.6 Å². The molecule has 1 unspecified atom stereocenters. The van der Waals surface area contributed by atoms with Gasteiger partial charge < -0.3 is 15.1 Å². The first-order valence-electron chi connectivity index (χ1n) is 8.69. The van der Waals surface area contributed by atoms with Crippen molar-refractivity contribution in [1.82, 2.24) is 15.6 Å². The van der Waals surface area contributed by atoms with Gasteiger partial charge in [0.25, 0.3) is 5.91 Å². The first-order valence-corrected chi connectivity index (χ1v) is 9.57. The lowest BCUT2D eigenvalue weighted by Gasteiger charge is -2.18. The molecule has 140 valence electrons. The molecule has 3 rings (SSSR count). The second-order valence-corrected chi connectivity index (χ2v) is 7.15. The number of rotatable bonds is 8. The van der Waals surface area contributed by atoms with Crippen LogP contribution in [0.2, 0.25) is 0 Å². The third kappa shape index (κ3) is 5.52. The predicted octanol–water partition coefficient (Wildman–Crippen LogP) is 2.74. The highest BCUT2D eigenvalue weighted by Gasteiger charge is 2.22. The van der Waals surface area contributed by atoms with E-state index in [-0.39, 0.29) is 11.7 Å². The van der Waals surface area contributed by atoms with Crippen molar-refractivity contribution in [3.05, 3.63) is 76.1 Å². The first-order chi connectivity index (χ1) is 13.1. The van der Waals surface area contributed by atoms with E-state index in [0.717, 1.165) is 16.3 Å². The Morgan fingerprint density at radius 2 is 2.00 bits per heavy atom. The highest BCUT2D eigenvalue weighted by atomic mass is 32.1. The summed E-state index contributed by atoms with van der Waals surface area (Å²) < 4.78 is 5.12. The van der Waals surface area contributed by atoms with Crippen LogP contribution in [0.4, 0.5) is 0 Å². The molecule has 0 aliphatic rings. The quantitative estimate of drug-likeness (QED) is 0.626. The zero-order chi connectivity index (χ0) is 19.1. The summed E-state index contributed by atoms with van der Waals surface area (Å²) in [6, 6.07) is 12.1. The molecule has 0 bridgehead atoms. The number of furan rings is 1. The molecular formula is C20H21N3O3S. The number of benzene rings is 1. The summed E-state index contributed by atoms with van der Waals surface area (Å²) in [7, 11) is 0. The van der Waals surface area contributed by atoms with Crippen LogP contribution >= 0.6 is 11.3 Å². The van der Waals surface area contributed by atoms with E-state index in [1.54, 1.807) is 23.5 Å². The molecule has 0 aliphatic heterocycles. The van der Waals surface area contributed by atoms with Crippen LogP contribution in [0.5, 0.6) is 0 Å². The van der Waals surface area contributed by atoms with Crippen molar-refractivity contribution in [2.24, 2.45) is 0 Å². The summed E-state index contributed by atoms with van der Waals surface area (Å²) in [6.07, 6.45) is 2.48. The van der Waals surface area contributed by atoms with Gasteiger partial charge in [-0.15, -0.1) is 11.3 Å². The largest absolute Gasteiger partial charge is 0.459 e. The number of aryl methyl sites for hydroxylation is 1. The second-order valence-electron chi connectivity index (χ2n) is 6.09. The summed E-state index contributed by atoms with van der Waals surface area (Å²) in [5, 5.41) is 8.65. The van der Waals surface area contributed by atoms with Crippen molar-refractivity contribution in [2.75, 3.05) is 6.54 Å². The maximum Gasteiger partial charge on any atom is 0.287 e. The summed E-state index contributed by atoms with van der Waals surface area (Å²) >= 11 is 1.59. The smallest absolute Gasteiger partial charge is 0.287 e. The lowest BCUT2D eigenvalue weighted by molar-refractivity contribution is -0.122. The zero-order valence-electron chi connectivity index (χ0n) is 15.0. The molecule has 6 nitrogen and oxygen atoms in total. The van der Waals surface area contributed by atoms with E-state index in [1.165, 1.54) is 6.26 Å². The van der Waals surface area contributed by atoms with E-state index in [1.807, 2.05) is 42.6 Å². The zero-order valence-corrected chi connectivity index (χ0v) is 15.8. The monoisotopic (exact) mass is 383 g/mol. The summed E-state index contributed by atoms with van der Waals surface area (Å²) in [5.74, 6) is -0.462. The lowest BCUT2D eigenvalue weighted by Crippen LogP contribution is -2.48. The van der Waals surface area contributed by atoms with Gasteiger partial charge in [0.15, 0.2) is 5.76 Å². The Bertz CT molecular complexity index is 875. The highest BCUT2D eigenvalue weighted by Crippen LogP contribution is 2.09. The number of carbonyl (C=O) groups is 2. The van der Waals surface area contributed by atoms with Crippen molar-refractivity contribution in [1.29, 1.82) is 0 Å². The molecule has 2 heterocycles. The van der Waals surface area contributed by atoms with Gasteiger partial charge in [0.2, 0.25) is 5.91 Å². The van der Waals surface area contributed by atoms with Gasteiger partial charge in [-0.2, -0.15) is 0 Å². The van der Waals surface area contributed by atoms with Gasteiger partial charge in [0.05, 0.1) is 17.0 Å². The van der Waals surface area contributed by atoms with Crippen molar-refractivity contribution < 1.29 is 14.0 Å². The standard InChI is InChI=1S/C20H21N3O3S/c1-14-22-16(13-27-14)9-10-21-19(24)17(12-15-6-3-2-4-7-15)23-20(25)18-8-5-11-26-18/h2-8,11,13,17H,9-10,12H2,1H3,(H,21,24)(H,23,25). The molecule has 2 aromatic heterocycles. The minimum absolute atomic E-state index is 0.179. The van der Waals surface area contributed by atoms with Gasteiger partial charge in [-0.1, -0.05) is 30.3 Å². The Morgan fingerprint density at radius 3 is 2.67 bits per heavy atom. The van der Waals surface area contributed by atoms with Crippen LogP contribution in [-0.2, 0) is 17.6 Å². The molecule has 0 saturated heterocycles. The van der Waals surface area contributed by atoms with Crippen LogP contribution in [0.15, 0.2) is 58.5 Å². The number of thiazole rings is 1. The Morgan fingerprint density at radius 1 is 1.19 bits per heavy atom. The van der Waals surface area contributed by atoms with Crippen molar-refractivity contribution in [2.45, 2.75) is 25.8 Å². The Labute approximate surface area is 161 Å². The van der Waals surface area contributed by atoms with Gasteiger partial charge in [0.1, 0.15) is 6.04 Å². The Balaban J connectivity index is 1.62. The molecule has 0 spiro atoms. The molecule has 2 N–H and O–H groups in total. The van der Waals surface area contributed by atoms with Gasteiger partial charge in [-0.3, -0.25) is 9.59 Å². The minimum atomic E-state index is -0.692. The summed E-state index contributed by atoms with van der Waals surface area (Å²) in [6.45, 7) is 2.41. The molecule has 3 aromatic rings. The van der Waals surface area contributed by atoms with Crippen molar-refractivity contribution in [3.63, 3.8) is 0 Å². The molecule has 1 atom stereocenters. The fourth-order valence-electron chi connectivity index (χ4n) is 2.66. The molecule has 0 aliphatic carbocycles. The summed E-state index contributed by atoms with van der Waals surface area (Å²) in [5.41, 5.74) is 1.92. The van der Waals surface area contributed by atoms with E-state index < -0.39 is 11.9 Å². The molecule has 27 heavy (non-hydrogen) atoms. The number of hydrogen-bond donors (Lipinski definition) is 2. The van der Waals surface area contributed by atoms with Crippen molar-refractivity contribution >= 4 is 23.2 Å². The highest BCUT2D eigenvalue weighted by molar-refractivity contribution is 7.09. The van der Waals surface area contributed by atoms with Crippen LogP contribution in [0.1, 0.15) is 26.8 Å². The molecule has 2 amide bonds. The number of amides is 2. The predicted molar refractivity (Wildman–Crippen MR) is 104 cm³/mol. The van der Waals surface area contributed by atoms with Crippen LogP contribution in [0.3, 0.4) is 0 Å². The number of hydrogen-bond acceptors (Lipinski definition) is 5. The fourth-order valence-corrected chi connectivity index (χ4v) is 3.30. The van der Waals surface area contributed by atoms with Gasteiger partial charge in [-0.25, -0.2) is 4.98 Å². The topological polar surface area (TPSA) is 84.2 Å². The van der Waals surface area contributed by atoms with Gasteiger partial charge in [0, 0.05) is 24.8 Å². The van der Waals surface area contributed by atoms with Crippen LogP contribution in [0.25, 0.3) is 0 Å². The lowest BCUT2D eigenvalue weighted by atomic mass is 10.0. The molecule has 7 heteroatoms. The van der Waals surface area contributed by atoms with Gasteiger partial charge in [-0.05, 0) is 24.6 Å². The summed E-state index contributed by atoms with van der Waals surface area (Å²) in [4.78, 5) is 29.4. The number of carbonyl (C=O) groups excluding carboxylic acids is 2. The SMILES string of the molecule is Cc1nc(CCNC(=O)C(Cc2ccccc2)NC(=O)c2ccco2)cs1. The molecule has 1 aromatic carbocycles. The maximum atomic E-state index is 12.7. The molecule has 0 radical (unpaired) electrons.